The molecule has 2 rings (SSSR count). The van der Waals surface area contributed by atoms with Crippen LogP contribution < -0.4 is 5.32 Å². The van der Waals surface area contributed by atoms with Gasteiger partial charge in [-0.3, -0.25) is 0 Å². The van der Waals surface area contributed by atoms with Gasteiger partial charge in [0.25, 0.3) is 0 Å². The summed E-state index contributed by atoms with van der Waals surface area (Å²) >= 11 is 0. The lowest BCUT2D eigenvalue weighted by Crippen LogP contribution is -2.26. The molecule has 0 saturated carbocycles. The molecule has 3 heteroatoms. The monoisotopic (exact) mass is 205 g/mol. The Morgan fingerprint density at radius 1 is 1.47 bits per heavy atom. The molecule has 0 unspecified atom stereocenters. The third-order valence-electron chi connectivity index (χ3n) is 2.76. The second-order valence-electron chi connectivity index (χ2n) is 3.90. The molecule has 0 radical (unpaired) electrons. The highest BCUT2D eigenvalue weighted by Crippen LogP contribution is 2.12. The third-order valence-corrected chi connectivity index (χ3v) is 2.76. The van der Waals surface area contributed by atoms with Crippen LogP contribution in [0, 0.1) is 6.92 Å². The predicted molar refractivity (Wildman–Crippen MR) is 57.8 cm³/mol. The van der Waals surface area contributed by atoms with Crippen LogP contribution in [-0.2, 0) is 11.2 Å². The number of hydrogen-bond donors (Lipinski definition) is 1. The summed E-state index contributed by atoms with van der Waals surface area (Å²) in [6, 6.07) is 8.51. The molecule has 1 saturated heterocycles. The lowest BCUT2D eigenvalue weighted by molar-refractivity contribution is 0.176. The molecule has 15 heavy (non-hydrogen) atoms. The van der Waals surface area contributed by atoms with E-state index in [1.165, 1.54) is 11.1 Å². The summed E-state index contributed by atoms with van der Waals surface area (Å²) in [4.78, 5) is 10.8. The molecule has 1 N–H and O–H groups in total. The maximum absolute atomic E-state index is 10.8. The van der Waals surface area contributed by atoms with Crippen LogP contribution in [0.25, 0.3) is 0 Å². The lowest BCUT2D eigenvalue weighted by atomic mass is 10.0. The Morgan fingerprint density at radius 2 is 2.27 bits per heavy atom. The molecular weight excluding hydrogens is 190 g/mol. The van der Waals surface area contributed by atoms with E-state index in [1.807, 2.05) is 12.1 Å². The summed E-state index contributed by atoms with van der Waals surface area (Å²) in [5.74, 6) is 0. The molecule has 0 bridgehead atoms. The number of nitrogens with one attached hydrogen (secondary N) is 1. The van der Waals surface area contributed by atoms with E-state index in [0.717, 1.165) is 12.8 Å². The van der Waals surface area contributed by atoms with E-state index in [1.54, 1.807) is 0 Å². The van der Waals surface area contributed by atoms with E-state index in [-0.39, 0.29) is 12.1 Å². The molecule has 1 aliphatic rings. The summed E-state index contributed by atoms with van der Waals surface area (Å²) in [7, 11) is 0. The van der Waals surface area contributed by atoms with E-state index in [0.29, 0.717) is 6.61 Å². The van der Waals surface area contributed by atoms with Crippen molar-refractivity contribution < 1.29 is 9.53 Å². The van der Waals surface area contributed by atoms with Gasteiger partial charge in [0.2, 0.25) is 0 Å². The third kappa shape index (κ3) is 2.49. The van der Waals surface area contributed by atoms with Gasteiger partial charge in [0.15, 0.2) is 0 Å². The number of benzene rings is 1. The molecular formula is C12H15NO2. The van der Waals surface area contributed by atoms with Crippen molar-refractivity contribution in [1.82, 2.24) is 5.32 Å². The summed E-state index contributed by atoms with van der Waals surface area (Å²) in [5, 5.41) is 2.78. The van der Waals surface area contributed by atoms with Crippen molar-refractivity contribution in [1.29, 1.82) is 0 Å². The zero-order valence-electron chi connectivity index (χ0n) is 8.82. The van der Waals surface area contributed by atoms with Gasteiger partial charge in [-0.15, -0.1) is 0 Å². The number of amides is 1. The number of rotatable bonds is 3. The number of aryl methyl sites for hydroxylation is 2. The van der Waals surface area contributed by atoms with Crippen molar-refractivity contribution in [2.24, 2.45) is 0 Å². The maximum atomic E-state index is 10.8. The SMILES string of the molecule is Cc1ccccc1CC[C@H]1COC(=O)N1. The highest BCUT2D eigenvalue weighted by molar-refractivity contribution is 5.69. The Balaban J connectivity index is 1.88. The molecule has 1 heterocycles. The first-order valence-corrected chi connectivity index (χ1v) is 5.23. The van der Waals surface area contributed by atoms with Gasteiger partial charge in [0.1, 0.15) is 6.61 Å². The van der Waals surface area contributed by atoms with Gasteiger partial charge in [-0.1, -0.05) is 24.3 Å². The minimum atomic E-state index is -0.287. The number of ether oxygens (including phenoxy) is 1. The first kappa shape index (κ1) is 10.0. The molecule has 0 aliphatic carbocycles. The average Bonchev–Trinajstić information content (AvgIpc) is 2.63. The van der Waals surface area contributed by atoms with Crippen LogP contribution in [0.1, 0.15) is 17.5 Å². The Hall–Kier alpha value is -1.51. The Morgan fingerprint density at radius 3 is 2.93 bits per heavy atom. The van der Waals surface area contributed by atoms with Crippen LogP contribution in [0.4, 0.5) is 4.79 Å². The van der Waals surface area contributed by atoms with Crippen LogP contribution >= 0.6 is 0 Å². The number of carbonyl (C=O) groups is 1. The van der Waals surface area contributed by atoms with E-state index in [2.05, 4.69) is 24.4 Å². The van der Waals surface area contributed by atoms with Crippen LogP contribution in [0.5, 0.6) is 0 Å². The van der Waals surface area contributed by atoms with Gasteiger partial charge >= 0.3 is 6.09 Å². The molecule has 1 fully saturated rings. The van der Waals surface area contributed by atoms with E-state index in [9.17, 15) is 4.79 Å². The average molecular weight is 205 g/mol. The highest BCUT2D eigenvalue weighted by atomic mass is 16.6. The first-order chi connectivity index (χ1) is 7.25. The molecule has 1 atom stereocenters. The molecule has 0 aromatic heterocycles. The second-order valence-corrected chi connectivity index (χ2v) is 3.90. The first-order valence-electron chi connectivity index (χ1n) is 5.23. The Labute approximate surface area is 89.4 Å². The molecule has 3 nitrogen and oxygen atoms in total. The smallest absolute Gasteiger partial charge is 0.407 e. The zero-order valence-corrected chi connectivity index (χ0v) is 8.82. The van der Waals surface area contributed by atoms with Gasteiger partial charge in [-0.05, 0) is 30.9 Å². The van der Waals surface area contributed by atoms with E-state index >= 15 is 0 Å². The molecule has 1 aromatic carbocycles. The van der Waals surface area contributed by atoms with Crippen molar-refractivity contribution in [3.8, 4) is 0 Å². The number of cyclic esters (lactones) is 1. The van der Waals surface area contributed by atoms with Gasteiger partial charge in [0, 0.05) is 0 Å². The molecule has 0 spiro atoms. The molecule has 1 amide bonds. The zero-order chi connectivity index (χ0) is 10.7. The predicted octanol–water partition coefficient (Wildman–Crippen LogP) is 2.04. The summed E-state index contributed by atoms with van der Waals surface area (Å²) in [6.07, 6.45) is 1.64. The van der Waals surface area contributed by atoms with E-state index < -0.39 is 0 Å². The van der Waals surface area contributed by atoms with Crippen molar-refractivity contribution in [3.05, 3.63) is 35.4 Å². The Kier molecular flexibility index (Phi) is 2.90. The standard InChI is InChI=1S/C12H15NO2/c1-9-4-2-3-5-10(9)6-7-11-8-15-12(14)13-11/h2-5,11H,6-8H2,1H3,(H,13,14)/t11-/m0/s1. The lowest BCUT2D eigenvalue weighted by Gasteiger charge is -2.08. The normalized spacial score (nSPS) is 19.8. The topological polar surface area (TPSA) is 38.3 Å². The van der Waals surface area contributed by atoms with Gasteiger partial charge in [-0.25, -0.2) is 4.79 Å². The number of carbonyl (C=O) groups excluding carboxylic acids is 1. The van der Waals surface area contributed by atoms with Crippen LogP contribution in [0.15, 0.2) is 24.3 Å². The largest absolute Gasteiger partial charge is 0.447 e. The minimum absolute atomic E-state index is 0.178. The van der Waals surface area contributed by atoms with Crippen molar-refractivity contribution >= 4 is 6.09 Å². The van der Waals surface area contributed by atoms with Crippen molar-refractivity contribution in [3.63, 3.8) is 0 Å². The molecule has 80 valence electrons. The summed E-state index contributed by atoms with van der Waals surface area (Å²) < 4.78 is 4.83. The fraction of sp³-hybridized carbons (Fsp3) is 0.417. The summed E-state index contributed by atoms with van der Waals surface area (Å²) in [6.45, 7) is 2.61. The molecule has 1 aliphatic heterocycles. The Bertz CT molecular complexity index is 362. The van der Waals surface area contributed by atoms with Crippen LogP contribution in [0.2, 0.25) is 0 Å². The van der Waals surface area contributed by atoms with Gasteiger partial charge in [0.05, 0.1) is 6.04 Å². The minimum Gasteiger partial charge on any atom is -0.447 e. The highest BCUT2D eigenvalue weighted by Gasteiger charge is 2.21. The fourth-order valence-corrected chi connectivity index (χ4v) is 1.80. The summed E-state index contributed by atoms with van der Waals surface area (Å²) in [5.41, 5.74) is 2.65. The molecule has 1 aromatic rings. The quantitative estimate of drug-likeness (QED) is 0.820. The fourth-order valence-electron chi connectivity index (χ4n) is 1.80. The number of alkyl carbamates (subject to hydrolysis) is 1. The van der Waals surface area contributed by atoms with Crippen molar-refractivity contribution in [2.45, 2.75) is 25.8 Å². The van der Waals surface area contributed by atoms with E-state index in [4.69, 9.17) is 4.74 Å². The maximum Gasteiger partial charge on any atom is 0.407 e. The van der Waals surface area contributed by atoms with Crippen LogP contribution in [-0.4, -0.2) is 18.7 Å². The van der Waals surface area contributed by atoms with Crippen LogP contribution in [0.3, 0.4) is 0 Å². The van der Waals surface area contributed by atoms with Gasteiger partial charge in [-0.2, -0.15) is 0 Å². The van der Waals surface area contributed by atoms with Crippen molar-refractivity contribution in [2.75, 3.05) is 6.61 Å². The second kappa shape index (κ2) is 4.34. The van der Waals surface area contributed by atoms with Gasteiger partial charge < -0.3 is 10.1 Å². The number of hydrogen-bond acceptors (Lipinski definition) is 2.